The van der Waals surface area contributed by atoms with Gasteiger partial charge in [-0.1, -0.05) is 38.0 Å². The molecule has 0 unspecified atom stereocenters. The van der Waals surface area contributed by atoms with Gasteiger partial charge < -0.3 is 4.74 Å². The number of aromatic nitrogens is 2. The van der Waals surface area contributed by atoms with Crippen molar-refractivity contribution >= 4 is 12.2 Å². The Kier molecular flexibility index (Phi) is 6.35. The first kappa shape index (κ1) is 18.0. The minimum Gasteiger partial charge on any atom is -0.406 e. The van der Waals surface area contributed by atoms with E-state index in [9.17, 15) is 13.2 Å². The van der Waals surface area contributed by atoms with E-state index in [0.29, 0.717) is 5.82 Å². The van der Waals surface area contributed by atoms with Crippen molar-refractivity contribution in [2.75, 3.05) is 0 Å². The summed E-state index contributed by atoms with van der Waals surface area (Å²) in [4.78, 5) is 8.53. The van der Waals surface area contributed by atoms with Gasteiger partial charge in [0.15, 0.2) is 5.82 Å². The monoisotopic (exact) mass is 336 g/mol. The third-order valence-electron chi connectivity index (χ3n) is 3.33. The van der Waals surface area contributed by atoms with Crippen LogP contribution in [0.15, 0.2) is 36.7 Å². The Labute approximate surface area is 139 Å². The smallest absolute Gasteiger partial charge is 0.406 e. The molecule has 0 bridgehead atoms. The fourth-order valence-electron chi connectivity index (χ4n) is 2.11. The largest absolute Gasteiger partial charge is 0.573 e. The number of ether oxygens (including phenoxy) is 1. The lowest BCUT2D eigenvalue weighted by Crippen LogP contribution is -2.16. The fourth-order valence-corrected chi connectivity index (χ4v) is 2.11. The molecule has 0 aliphatic carbocycles. The second kappa shape index (κ2) is 8.47. The first-order valence-electron chi connectivity index (χ1n) is 7.81. The molecule has 3 nitrogen and oxygen atoms in total. The average Bonchev–Trinajstić information content (AvgIpc) is 2.54. The van der Waals surface area contributed by atoms with Gasteiger partial charge in [0, 0.05) is 12.4 Å². The molecule has 0 amide bonds. The lowest BCUT2D eigenvalue weighted by molar-refractivity contribution is -0.274. The SMILES string of the molecule is CCCCCc1cnc(C=Cc2ccc(OC(F)(F)F)cc2)nc1. The molecule has 0 saturated heterocycles. The molecular weight excluding hydrogens is 317 g/mol. The molecule has 6 heteroatoms. The van der Waals surface area contributed by atoms with Crippen LogP contribution in [0.2, 0.25) is 0 Å². The van der Waals surface area contributed by atoms with Crippen LogP contribution in [0.4, 0.5) is 13.2 Å². The molecule has 0 aliphatic heterocycles. The third kappa shape index (κ3) is 6.40. The Morgan fingerprint density at radius 2 is 1.67 bits per heavy atom. The number of unbranched alkanes of at least 4 members (excludes halogenated alkanes) is 2. The highest BCUT2D eigenvalue weighted by Crippen LogP contribution is 2.23. The minimum absolute atomic E-state index is 0.243. The lowest BCUT2D eigenvalue weighted by atomic mass is 10.1. The van der Waals surface area contributed by atoms with Crippen LogP contribution in [-0.4, -0.2) is 16.3 Å². The molecule has 0 atom stereocenters. The molecule has 1 aromatic heterocycles. The van der Waals surface area contributed by atoms with Crippen LogP contribution in [0.1, 0.15) is 43.1 Å². The van der Waals surface area contributed by atoms with E-state index >= 15 is 0 Å². The highest BCUT2D eigenvalue weighted by Gasteiger charge is 2.30. The quantitative estimate of drug-likeness (QED) is 0.645. The van der Waals surface area contributed by atoms with Crippen molar-refractivity contribution in [1.82, 2.24) is 9.97 Å². The van der Waals surface area contributed by atoms with Gasteiger partial charge in [-0.2, -0.15) is 0 Å². The van der Waals surface area contributed by atoms with Crippen molar-refractivity contribution in [3.8, 4) is 5.75 Å². The number of nitrogens with zero attached hydrogens (tertiary/aromatic N) is 2. The molecule has 2 aromatic rings. The number of benzene rings is 1. The molecule has 1 heterocycles. The van der Waals surface area contributed by atoms with Crippen LogP contribution in [0.5, 0.6) is 5.75 Å². The van der Waals surface area contributed by atoms with E-state index in [-0.39, 0.29) is 5.75 Å². The molecule has 0 spiro atoms. The molecule has 1 aromatic carbocycles. The van der Waals surface area contributed by atoms with Crippen molar-refractivity contribution in [1.29, 1.82) is 0 Å². The maximum atomic E-state index is 12.1. The van der Waals surface area contributed by atoms with Crippen LogP contribution >= 0.6 is 0 Å². The first-order valence-corrected chi connectivity index (χ1v) is 7.81. The van der Waals surface area contributed by atoms with Crippen LogP contribution in [-0.2, 0) is 6.42 Å². The van der Waals surface area contributed by atoms with Gasteiger partial charge in [-0.05, 0) is 42.2 Å². The summed E-state index contributed by atoms with van der Waals surface area (Å²) >= 11 is 0. The maximum absolute atomic E-state index is 12.1. The van der Waals surface area contributed by atoms with Crippen molar-refractivity contribution in [3.05, 3.63) is 53.6 Å². The number of aryl methyl sites for hydroxylation is 1. The first-order chi connectivity index (χ1) is 11.5. The second-order valence-corrected chi connectivity index (χ2v) is 5.36. The van der Waals surface area contributed by atoms with Crippen molar-refractivity contribution in [2.45, 2.75) is 39.0 Å². The molecule has 0 aliphatic rings. The van der Waals surface area contributed by atoms with E-state index in [2.05, 4.69) is 21.6 Å². The Bertz CT molecular complexity index is 649. The van der Waals surface area contributed by atoms with Gasteiger partial charge in [-0.25, -0.2) is 9.97 Å². The van der Waals surface area contributed by atoms with Gasteiger partial charge in [-0.15, -0.1) is 13.2 Å². The summed E-state index contributed by atoms with van der Waals surface area (Å²) in [7, 11) is 0. The van der Waals surface area contributed by atoms with Gasteiger partial charge in [-0.3, -0.25) is 0 Å². The summed E-state index contributed by atoms with van der Waals surface area (Å²) in [6.45, 7) is 2.16. The highest BCUT2D eigenvalue weighted by atomic mass is 19.4. The zero-order valence-electron chi connectivity index (χ0n) is 13.4. The molecule has 0 fully saturated rings. The summed E-state index contributed by atoms with van der Waals surface area (Å²) in [6.07, 6.45) is 6.86. The molecular formula is C18H19F3N2O. The second-order valence-electron chi connectivity index (χ2n) is 5.36. The third-order valence-corrected chi connectivity index (χ3v) is 3.33. The van der Waals surface area contributed by atoms with Gasteiger partial charge in [0.1, 0.15) is 5.75 Å². The Morgan fingerprint density at radius 3 is 2.25 bits per heavy atom. The van der Waals surface area contributed by atoms with Gasteiger partial charge in [0.25, 0.3) is 0 Å². The highest BCUT2D eigenvalue weighted by molar-refractivity contribution is 5.66. The molecule has 24 heavy (non-hydrogen) atoms. The molecule has 0 saturated carbocycles. The van der Waals surface area contributed by atoms with E-state index < -0.39 is 6.36 Å². The summed E-state index contributed by atoms with van der Waals surface area (Å²) < 4.78 is 40.1. The zero-order chi connectivity index (χ0) is 17.4. The van der Waals surface area contributed by atoms with Crippen LogP contribution in [0.25, 0.3) is 12.2 Å². The van der Waals surface area contributed by atoms with E-state index in [1.807, 2.05) is 12.4 Å². The topological polar surface area (TPSA) is 35.0 Å². The Balaban J connectivity index is 1.93. The average molecular weight is 336 g/mol. The minimum atomic E-state index is -4.68. The molecule has 128 valence electrons. The Morgan fingerprint density at radius 1 is 1.00 bits per heavy atom. The predicted octanol–water partition coefficient (Wildman–Crippen LogP) is 5.28. The summed E-state index contributed by atoms with van der Waals surface area (Å²) in [5.41, 5.74) is 1.84. The summed E-state index contributed by atoms with van der Waals surface area (Å²) in [5, 5.41) is 0. The lowest BCUT2D eigenvalue weighted by Gasteiger charge is -2.08. The van der Waals surface area contributed by atoms with E-state index in [1.54, 1.807) is 12.2 Å². The van der Waals surface area contributed by atoms with Crippen molar-refractivity contribution in [2.24, 2.45) is 0 Å². The Hall–Kier alpha value is -2.37. The predicted molar refractivity (Wildman–Crippen MR) is 87.3 cm³/mol. The number of hydrogen-bond donors (Lipinski definition) is 0. The van der Waals surface area contributed by atoms with Crippen LogP contribution < -0.4 is 4.74 Å². The van der Waals surface area contributed by atoms with E-state index in [1.165, 1.54) is 37.1 Å². The van der Waals surface area contributed by atoms with E-state index in [4.69, 9.17) is 0 Å². The number of hydrogen-bond acceptors (Lipinski definition) is 3. The summed E-state index contributed by atoms with van der Waals surface area (Å²) in [6, 6.07) is 5.61. The number of halogens is 3. The van der Waals surface area contributed by atoms with Gasteiger partial charge in [0.2, 0.25) is 0 Å². The normalized spacial score (nSPS) is 11.8. The van der Waals surface area contributed by atoms with Crippen molar-refractivity contribution < 1.29 is 17.9 Å². The fraction of sp³-hybridized carbons (Fsp3) is 0.333. The molecule has 2 rings (SSSR count). The van der Waals surface area contributed by atoms with Crippen molar-refractivity contribution in [3.63, 3.8) is 0 Å². The van der Waals surface area contributed by atoms with Gasteiger partial charge >= 0.3 is 6.36 Å². The standard InChI is InChI=1S/C18H19F3N2O/c1-2-3-4-5-15-12-22-17(23-13-15)11-8-14-6-9-16(10-7-14)24-18(19,20)21/h6-13H,2-5H2,1H3. The molecule has 0 radical (unpaired) electrons. The number of rotatable bonds is 7. The maximum Gasteiger partial charge on any atom is 0.573 e. The molecule has 0 N–H and O–H groups in total. The van der Waals surface area contributed by atoms with E-state index in [0.717, 1.165) is 24.0 Å². The number of alkyl halides is 3. The van der Waals surface area contributed by atoms with Crippen LogP contribution in [0, 0.1) is 0 Å². The van der Waals surface area contributed by atoms with Crippen LogP contribution in [0.3, 0.4) is 0 Å². The van der Waals surface area contributed by atoms with Gasteiger partial charge in [0.05, 0.1) is 0 Å². The summed E-state index contributed by atoms with van der Waals surface area (Å²) in [5.74, 6) is 0.317. The zero-order valence-corrected chi connectivity index (χ0v) is 13.4.